The SMILES string of the molecule is Cc1ccc2c(c1)N(CC(=O)N(Cc1cccnc1)C[C@H]1CCCO1)C(=O)[C@@H](C(C)C)O2. The third-order valence-electron chi connectivity index (χ3n) is 5.96. The Bertz CT molecular complexity index is 957. The summed E-state index contributed by atoms with van der Waals surface area (Å²) in [5.41, 5.74) is 2.61. The van der Waals surface area contributed by atoms with Crippen LogP contribution in [0.5, 0.6) is 5.75 Å². The maximum atomic E-state index is 13.5. The van der Waals surface area contributed by atoms with Crippen LogP contribution in [0.15, 0.2) is 42.7 Å². The molecular weight excluding hydrogens is 406 g/mol. The summed E-state index contributed by atoms with van der Waals surface area (Å²) in [6.07, 6.45) is 4.84. The molecule has 1 aromatic carbocycles. The molecule has 7 heteroatoms. The number of hydrogen-bond donors (Lipinski definition) is 0. The predicted octanol–water partition coefficient (Wildman–Crippen LogP) is 3.35. The van der Waals surface area contributed by atoms with Gasteiger partial charge in [0.05, 0.1) is 11.8 Å². The highest BCUT2D eigenvalue weighted by atomic mass is 16.5. The zero-order valence-corrected chi connectivity index (χ0v) is 19.0. The Labute approximate surface area is 189 Å². The lowest BCUT2D eigenvalue weighted by molar-refractivity contribution is -0.135. The van der Waals surface area contributed by atoms with Crippen molar-refractivity contribution < 1.29 is 19.1 Å². The van der Waals surface area contributed by atoms with Gasteiger partial charge in [0.2, 0.25) is 5.91 Å². The van der Waals surface area contributed by atoms with Crippen LogP contribution in [0.25, 0.3) is 0 Å². The number of aryl methyl sites for hydroxylation is 1. The van der Waals surface area contributed by atoms with Crippen molar-refractivity contribution in [2.75, 3.05) is 24.6 Å². The molecule has 3 heterocycles. The second-order valence-electron chi connectivity index (χ2n) is 8.95. The van der Waals surface area contributed by atoms with E-state index in [0.717, 1.165) is 30.6 Å². The topological polar surface area (TPSA) is 72.0 Å². The van der Waals surface area contributed by atoms with Crippen LogP contribution in [0.2, 0.25) is 0 Å². The van der Waals surface area contributed by atoms with E-state index < -0.39 is 6.10 Å². The maximum Gasteiger partial charge on any atom is 0.268 e. The van der Waals surface area contributed by atoms with Gasteiger partial charge in [-0.05, 0) is 55.0 Å². The highest BCUT2D eigenvalue weighted by Crippen LogP contribution is 2.36. The second kappa shape index (κ2) is 9.69. The van der Waals surface area contributed by atoms with Crippen molar-refractivity contribution in [3.05, 3.63) is 53.9 Å². The summed E-state index contributed by atoms with van der Waals surface area (Å²) in [6, 6.07) is 9.56. The Balaban J connectivity index is 1.59. The molecule has 2 aliphatic heterocycles. The third kappa shape index (κ3) is 4.93. The Kier molecular flexibility index (Phi) is 6.74. The molecular formula is C25H31N3O4. The van der Waals surface area contributed by atoms with Gasteiger partial charge in [0, 0.05) is 32.1 Å². The number of pyridine rings is 1. The Morgan fingerprint density at radius 3 is 2.84 bits per heavy atom. The summed E-state index contributed by atoms with van der Waals surface area (Å²) >= 11 is 0. The molecule has 2 atom stereocenters. The summed E-state index contributed by atoms with van der Waals surface area (Å²) < 4.78 is 11.8. The molecule has 7 nitrogen and oxygen atoms in total. The molecule has 0 spiro atoms. The minimum Gasteiger partial charge on any atom is -0.478 e. The van der Waals surface area contributed by atoms with Crippen LogP contribution in [-0.4, -0.2) is 53.6 Å². The smallest absolute Gasteiger partial charge is 0.268 e. The number of carbonyl (C=O) groups excluding carboxylic acids is 2. The molecule has 0 saturated carbocycles. The second-order valence-corrected chi connectivity index (χ2v) is 8.95. The fourth-order valence-electron chi connectivity index (χ4n) is 4.22. The van der Waals surface area contributed by atoms with Gasteiger partial charge in [0.25, 0.3) is 5.91 Å². The first-order valence-corrected chi connectivity index (χ1v) is 11.3. The van der Waals surface area contributed by atoms with E-state index in [1.54, 1.807) is 22.2 Å². The highest BCUT2D eigenvalue weighted by Gasteiger charge is 2.38. The van der Waals surface area contributed by atoms with E-state index in [2.05, 4.69) is 4.98 Å². The molecule has 1 aromatic heterocycles. The van der Waals surface area contributed by atoms with Gasteiger partial charge < -0.3 is 14.4 Å². The van der Waals surface area contributed by atoms with Gasteiger partial charge in [-0.1, -0.05) is 26.0 Å². The number of ether oxygens (including phenoxy) is 2. The van der Waals surface area contributed by atoms with Crippen LogP contribution in [-0.2, 0) is 20.9 Å². The molecule has 32 heavy (non-hydrogen) atoms. The van der Waals surface area contributed by atoms with Crippen molar-refractivity contribution in [1.82, 2.24) is 9.88 Å². The fraction of sp³-hybridized carbons (Fsp3) is 0.480. The molecule has 0 bridgehead atoms. The summed E-state index contributed by atoms with van der Waals surface area (Å²) in [4.78, 5) is 34.4. The number of anilines is 1. The first-order chi connectivity index (χ1) is 15.4. The molecule has 0 aliphatic carbocycles. The van der Waals surface area contributed by atoms with Gasteiger partial charge in [0.1, 0.15) is 12.3 Å². The Morgan fingerprint density at radius 2 is 2.16 bits per heavy atom. The van der Waals surface area contributed by atoms with E-state index in [1.807, 2.05) is 51.1 Å². The van der Waals surface area contributed by atoms with Crippen molar-refractivity contribution >= 4 is 17.5 Å². The standard InChI is InChI=1S/C25H31N3O4/c1-17(2)24-25(30)28(21-12-18(3)8-9-22(21)32-24)16-23(29)27(15-20-7-5-11-31-20)14-19-6-4-10-26-13-19/h4,6,8-10,12-13,17,20,24H,5,7,11,14-16H2,1-3H3/t20-,24-/m1/s1. The zero-order valence-electron chi connectivity index (χ0n) is 19.0. The van der Waals surface area contributed by atoms with Crippen molar-refractivity contribution in [1.29, 1.82) is 0 Å². The van der Waals surface area contributed by atoms with E-state index in [9.17, 15) is 9.59 Å². The van der Waals surface area contributed by atoms with Gasteiger partial charge in [-0.2, -0.15) is 0 Å². The minimum absolute atomic E-state index is 0.00654. The summed E-state index contributed by atoms with van der Waals surface area (Å²) in [7, 11) is 0. The highest BCUT2D eigenvalue weighted by molar-refractivity contribution is 6.04. The van der Waals surface area contributed by atoms with E-state index in [4.69, 9.17) is 9.47 Å². The number of fused-ring (bicyclic) bond motifs is 1. The van der Waals surface area contributed by atoms with Gasteiger partial charge in [-0.25, -0.2) is 0 Å². The van der Waals surface area contributed by atoms with E-state index in [0.29, 0.717) is 24.5 Å². The molecule has 1 saturated heterocycles. The molecule has 1 fully saturated rings. The maximum absolute atomic E-state index is 13.5. The zero-order chi connectivity index (χ0) is 22.7. The quantitative estimate of drug-likeness (QED) is 0.664. The van der Waals surface area contributed by atoms with Gasteiger partial charge in [-0.3, -0.25) is 19.5 Å². The van der Waals surface area contributed by atoms with Crippen LogP contribution in [0, 0.1) is 12.8 Å². The summed E-state index contributed by atoms with van der Waals surface area (Å²) in [5, 5.41) is 0. The normalized spacial score (nSPS) is 20.2. The molecule has 2 aromatic rings. The lowest BCUT2D eigenvalue weighted by Gasteiger charge is -2.37. The number of aromatic nitrogens is 1. The van der Waals surface area contributed by atoms with Crippen LogP contribution in [0.4, 0.5) is 5.69 Å². The number of carbonyl (C=O) groups is 2. The van der Waals surface area contributed by atoms with Gasteiger partial charge >= 0.3 is 0 Å². The Hall–Kier alpha value is -2.93. The van der Waals surface area contributed by atoms with Crippen LogP contribution < -0.4 is 9.64 Å². The van der Waals surface area contributed by atoms with Crippen molar-refractivity contribution in [2.24, 2.45) is 5.92 Å². The van der Waals surface area contributed by atoms with Gasteiger partial charge in [-0.15, -0.1) is 0 Å². The molecule has 0 unspecified atom stereocenters. The first-order valence-electron chi connectivity index (χ1n) is 11.3. The van der Waals surface area contributed by atoms with Crippen molar-refractivity contribution in [2.45, 2.75) is 52.4 Å². The molecule has 2 amide bonds. The molecule has 170 valence electrons. The van der Waals surface area contributed by atoms with Crippen LogP contribution in [0.1, 0.15) is 37.8 Å². The first kappa shape index (κ1) is 22.3. The number of nitrogens with zero attached hydrogens (tertiary/aromatic N) is 3. The summed E-state index contributed by atoms with van der Waals surface area (Å²) in [5.74, 6) is 0.340. The lowest BCUT2D eigenvalue weighted by Crippen LogP contribution is -2.52. The van der Waals surface area contributed by atoms with E-state index in [1.165, 1.54) is 0 Å². The summed E-state index contributed by atoms with van der Waals surface area (Å²) in [6.45, 7) is 7.49. The molecule has 4 rings (SSSR count). The molecule has 0 radical (unpaired) electrons. The van der Waals surface area contributed by atoms with E-state index in [-0.39, 0.29) is 30.4 Å². The van der Waals surface area contributed by atoms with Crippen molar-refractivity contribution in [3.63, 3.8) is 0 Å². The number of amides is 2. The van der Waals surface area contributed by atoms with Gasteiger partial charge in [0.15, 0.2) is 6.10 Å². The third-order valence-corrected chi connectivity index (χ3v) is 5.96. The largest absolute Gasteiger partial charge is 0.478 e. The predicted molar refractivity (Wildman–Crippen MR) is 121 cm³/mol. The molecule has 2 aliphatic rings. The van der Waals surface area contributed by atoms with Crippen molar-refractivity contribution in [3.8, 4) is 5.75 Å². The average Bonchev–Trinajstić information content (AvgIpc) is 3.29. The average molecular weight is 438 g/mol. The number of rotatable bonds is 7. The minimum atomic E-state index is -0.608. The number of hydrogen-bond acceptors (Lipinski definition) is 5. The van der Waals surface area contributed by atoms with Crippen LogP contribution in [0.3, 0.4) is 0 Å². The Morgan fingerprint density at radius 1 is 1.31 bits per heavy atom. The molecule has 0 N–H and O–H groups in total. The lowest BCUT2D eigenvalue weighted by atomic mass is 10.0. The van der Waals surface area contributed by atoms with Crippen LogP contribution >= 0.6 is 0 Å². The number of benzene rings is 1. The fourth-order valence-corrected chi connectivity index (χ4v) is 4.22. The van der Waals surface area contributed by atoms with E-state index >= 15 is 0 Å². The monoisotopic (exact) mass is 437 g/mol.